The van der Waals surface area contributed by atoms with Crippen molar-refractivity contribution in [2.45, 2.75) is 6.92 Å². The first-order valence-corrected chi connectivity index (χ1v) is 3.94. The fourth-order valence-corrected chi connectivity index (χ4v) is 1.50. The molecule has 0 atom stereocenters. The van der Waals surface area contributed by atoms with Crippen LogP contribution in [0.15, 0.2) is 18.2 Å². The van der Waals surface area contributed by atoms with E-state index >= 15 is 0 Å². The van der Waals surface area contributed by atoms with Crippen molar-refractivity contribution in [3.05, 3.63) is 29.5 Å². The van der Waals surface area contributed by atoms with Crippen LogP contribution in [0.3, 0.4) is 0 Å². The third-order valence-electron chi connectivity index (χ3n) is 2.16. The SMILES string of the molecule is Cc1c(C#N)[nH]c2cccc(O)c12. The van der Waals surface area contributed by atoms with E-state index in [1.54, 1.807) is 12.1 Å². The maximum atomic E-state index is 9.53. The number of rotatable bonds is 0. The topological polar surface area (TPSA) is 59.8 Å². The van der Waals surface area contributed by atoms with Gasteiger partial charge in [0.2, 0.25) is 0 Å². The number of benzene rings is 1. The molecule has 0 aliphatic rings. The van der Waals surface area contributed by atoms with Crippen LogP contribution in [0.5, 0.6) is 5.75 Å². The van der Waals surface area contributed by atoms with E-state index in [0.29, 0.717) is 5.69 Å². The molecule has 0 radical (unpaired) electrons. The van der Waals surface area contributed by atoms with Crippen LogP contribution in [-0.2, 0) is 0 Å². The predicted molar refractivity (Wildman–Crippen MR) is 49.4 cm³/mol. The van der Waals surface area contributed by atoms with E-state index < -0.39 is 0 Å². The first-order valence-electron chi connectivity index (χ1n) is 3.94. The number of nitrogens with one attached hydrogen (secondary N) is 1. The van der Waals surface area contributed by atoms with Crippen LogP contribution in [-0.4, -0.2) is 10.1 Å². The highest BCUT2D eigenvalue weighted by Crippen LogP contribution is 2.28. The average Bonchev–Trinajstić information content (AvgIpc) is 2.44. The Kier molecular flexibility index (Phi) is 1.49. The Morgan fingerprint density at radius 2 is 2.23 bits per heavy atom. The Hall–Kier alpha value is -1.95. The standard InChI is InChI=1S/C10H8N2O/c1-6-8(5-11)12-7-3-2-4-9(13)10(6)7/h2-4,12-13H,1H3. The molecule has 64 valence electrons. The number of hydrogen-bond donors (Lipinski definition) is 2. The Labute approximate surface area is 75.2 Å². The van der Waals surface area contributed by atoms with E-state index in [4.69, 9.17) is 5.26 Å². The monoisotopic (exact) mass is 172 g/mol. The van der Waals surface area contributed by atoms with Gasteiger partial charge in [0.25, 0.3) is 0 Å². The third-order valence-corrected chi connectivity index (χ3v) is 2.16. The summed E-state index contributed by atoms with van der Waals surface area (Å²) < 4.78 is 0. The van der Waals surface area contributed by atoms with Crippen LogP contribution < -0.4 is 0 Å². The van der Waals surface area contributed by atoms with Crippen LogP contribution in [0.4, 0.5) is 0 Å². The maximum Gasteiger partial charge on any atom is 0.125 e. The molecule has 1 aromatic heterocycles. The Balaban J connectivity index is 2.95. The van der Waals surface area contributed by atoms with E-state index in [1.807, 2.05) is 19.1 Å². The minimum atomic E-state index is 0.216. The van der Waals surface area contributed by atoms with Crippen molar-refractivity contribution < 1.29 is 5.11 Å². The number of hydrogen-bond acceptors (Lipinski definition) is 2. The van der Waals surface area contributed by atoms with Crippen molar-refractivity contribution >= 4 is 10.9 Å². The molecule has 0 saturated heterocycles. The number of aryl methyl sites for hydroxylation is 1. The summed E-state index contributed by atoms with van der Waals surface area (Å²) in [6.45, 7) is 1.82. The number of aromatic amines is 1. The third kappa shape index (κ3) is 0.960. The fourth-order valence-electron chi connectivity index (χ4n) is 1.50. The summed E-state index contributed by atoms with van der Waals surface area (Å²) in [6, 6.07) is 7.24. The van der Waals surface area contributed by atoms with Crippen LogP contribution in [0.1, 0.15) is 11.3 Å². The molecular weight excluding hydrogens is 164 g/mol. The molecule has 0 fully saturated rings. The zero-order valence-corrected chi connectivity index (χ0v) is 7.13. The number of nitriles is 1. The highest BCUT2D eigenvalue weighted by molar-refractivity contribution is 5.90. The second-order valence-electron chi connectivity index (χ2n) is 2.94. The molecule has 1 aromatic carbocycles. The lowest BCUT2D eigenvalue weighted by molar-refractivity contribution is 0.481. The predicted octanol–water partition coefficient (Wildman–Crippen LogP) is 2.05. The normalized spacial score (nSPS) is 10.2. The summed E-state index contributed by atoms with van der Waals surface area (Å²) in [7, 11) is 0. The van der Waals surface area contributed by atoms with E-state index in [9.17, 15) is 5.11 Å². The summed E-state index contributed by atoms with van der Waals surface area (Å²) in [5, 5.41) is 19.0. The van der Waals surface area contributed by atoms with Crippen LogP contribution in [0.2, 0.25) is 0 Å². The van der Waals surface area contributed by atoms with Crippen molar-refractivity contribution in [2.75, 3.05) is 0 Å². The van der Waals surface area contributed by atoms with Crippen LogP contribution >= 0.6 is 0 Å². The van der Waals surface area contributed by atoms with Gasteiger partial charge < -0.3 is 10.1 Å². The molecule has 1 heterocycles. The highest BCUT2D eigenvalue weighted by Gasteiger charge is 2.09. The number of nitrogens with zero attached hydrogens (tertiary/aromatic N) is 1. The molecule has 13 heavy (non-hydrogen) atoms. The van der Waals surface area contributed by atoms with Crippen LogP contribution in [0, 0.1) is 18.3 Å². The molecule has 0 aliphatic carbocycles. The largest absolute Gasteiger partial charge is 0.507 e. The van der Waals surface area contributed by atoms with Crippen molar-refractivity contribution in [1.82, 2.24) is 4.98 Å². The maximum absolute atomic E-state index is 9.53. The van der Waals surface area contributed by atoms with Gasteiger partial charge in [0.05, 0.1) is 5.52 Å². The number of aromatic hydroxyl groups is 1. The van der Waals surface area contributed by atoms with Gasteiger partial charge in [-0.2, -0.15) is 5.26 Å². The molecule has 2 rings (SSSR count). The van der Waals surface area contributed by atoms with Gasteiger partial charge in [-0.15, -0.1) is 0 Å². The van der Waals surface area contributed by atoms with E-state index in [0.717, 1.165) is 16.5 Å². The number of phenols is 1. The molecule has 0 unspecified atom stereocenters. The zero-order chi connectivity index (χ0) is 9.42. The summed E-state index contributed by atoms with van der Waals surface area (Å²) in [6.07, 6.45) is 0. The number of H-pyrrole nitrogens is 1. The molecule has 3 heteroatoms. The summed E-state index contributed by atoms with van der Waals surface area (Å²) in [5.41, 5.74) is 2.11. The zero-order valence-electron chi connectivity index (χ0n) is 7.13. The molecule has 2 N–H and O–H groups in total. The van der Waals surface area contributed by atoms with Gasteiger partial charge in [-0.1, -0.05) is 6.07 Å². The van der Waals surface area contributed by atoms with Gasteiger partial charge in [-0.3, -0.25) is 0 Å². The first kappa shape index (κ1) is 7.69. The molecule has 3 nitrogen and oxygen atoms in total. The van der Waals surface area contributed by atoms with Gasteiger partial charge in [-0.25, -0.2) is 0 Å². The summed E-state index contributed by atoms with van der Waals surface area (Å²) >= 11 is 0. The molecule has 0 aliphatic heterocycles. The van der Waals surface area contributed by atoms with Crippen molar-refractivity contribution in [1.29, 1.82) is 5.26 Å². The molecular formula is C10H8N2O. The van der Waals surface area contributed by atoms with E-state index in [2.05, 4.69) is 4.98 Å². The minimum absolute atomic E-state index is 0.216. The number of fused-ring (bicyclic) bond motifs is 1. The van der Waals surface area contributed by atoms with Gasteiger partial charge in [-0.05, 0) is 24.6 Å². The van der Waals surface area contributed by atoms with Gasteiger partial charge in [0.15, 0.2) is 0 Å². The Morgan fingerprint density at radius 1 is 1.46 bits per heavy atom. The number of aromatic nitrogens is 1. The number of phenolic OH excluding ortho intramolecular Hbond substituents is 1. The average molecular weight is 172 g/mol. The van der Waals surface area contributed by atoms with Crippen molar-refractivity contribution in [3.8, 4) is 11.8 Å². The molecule has 2 aromatic rings. The molecule has 0 amide bonds. The van der Waals surface area contributed by atoms with Gasteiger partial charge in [0, 0.05) is 5.39 Å². The second-order valence-corrected chi connectivity index (χ2v) is 2.94. The van der Waals surface area contributed by atoms with E-state index in [1.165, 1.54) is 0 Å². The van der Waals surface area contributed by atoms with Crippen molar-refractivity contribution in [3.63, 3.8) is 0 Å². The second kappa shape index (κ2) is 2.53. The van der Waals surface area contributed by atoms with Gasteiger partial charge in [0.1, 0.15) is 17.5 Å². The van der Waals surface area contributed by atoms with Crippen LogP contribution in [0.25, 0.3) is 10.9 Å². The summed E-state index contributed by atoms with van der Waals surface area (Å²) in [5.74, 6) is 0.216. The lowest BCUT2D eigenvalue weighted by Gasteiger charge is -1.94. The first-order chi connectivity index (χ1) is 6.24. The van der Waals surface area contributed by atoms with Crippen molar-refractivity contribution in [2.24, 2.45) is 0 Å². The highest BCUT2D eigenvalue weighted by atomic mass is 16.3. The fraction of sp³-hybridized carbons (Fsp3) is 0.100. The minimum Gasteiger partial charge on any atom is -0.507 e. The smallest absolute Gasteiger partial charge is 0.125 e. The molecule has 0 saturated carbocycles. The molecule has 0 spiro atoms. The lowest BCUT2D eigenvalue weighted by atomic mass is 10.1. The lowest BCUT2D eigenvalue weighted by Crippen LogP contribution is -1.74. The molecule has 0 bridgehead atoms. The van der Waals surface area contributed by atoms with E-state index in [-0.39, 0.29) is 5.75 Å². The van der Waals surface area contributed by atoms with Gasteiger partial charge >= 0.3 is 0 Å². The quantitative estimate of drug-likeness (QED) is 0.638. The Morgan fingerprint density at radius 3 is 2.85 bits per heavy atom. The summed E-state index contributed by atoms with van der Waals surface area (Å²) in [4.78, 5) is 2.93. The Bertz CT molecular complexity index is 505.